The molecule has 0 saturated heterocycles. The van der Waals surface area contributed by atoms with E-state index < -0.39 is 12.6 Å². The topological polar surface area (TPSA) is 83.7 Å². The number of ether oxygens (including phenoxy) is 3. The summed E-state index contributed by atoms with van der Waals surface area (Å²) in [5.74, 6) is 0.0790. The van der Waals surface area contributed by atoms with Gasteiger partial charge in [-0.05, 0) is 60.7 Å². The number of carbonyl (C=O) groups excluding carboxylic acids is 1. The maximum Gasteiger partial charge on any atom is 0.387 e. The van der Waals surface area contributed by atoms with Crippen molar-refractivity contribution in [3.8, 4) is 22.9 Å². The van der Waals surface area contributed by atoms with Gasteiger partial charge in [0.25, 0.3) is 5.89 Å². The average molecular weight is 462 g/mol. The lowest BCUT2D eigenvalue weighted by molar-refractivity contribution is -0.142. The number of carbonyl (C=O) groups is 1. The molecule has 1 aliphatic carbocycles. The lowest BCUT2D eigenvalue weighted by Gasteiger charge is -2.10. The van der Waals surface area contributed by atoms with Crippen molar-refractivity contribution < 1.29 is 32.3 Å². The highest BCUT2D eigenvalue weighted by molar-refractivity contribution is 8.00. The van der Waals surface area contributed by atoms with E-state index in [1.54, 1.807) is 0 Å². The van der Waals surface area contributed by atoms with Gasteiger partial charge in [0.15, 0.2) is 18.1 Å². The molecule has 7 nitrogen and oxygen atoms in total. The van der Waals surface area contributed by atoms with Gasteiger partial charge in [0.2, 0.25) is 5.82 Å². The van der Waals surface area contributed by atoms with E-state index in [2.05, 4.69) is 27.0 Å². The van der Waals surface area contributed by atoms with Crippen molar-refractivity contribution in [3.05, 3.63) is 53.4 Å². The molecule has 4 rings (SSSR count). The van der Waals surface area contributed by atoms with E-state index in [1.165, 1.54) is 54.6 Å². The van der Waals surface area contributed by atoms with Crippen LogP contribution in [0.4, 0.5) is 8.78 Å². The Bertz CT molecular complexity index is 1110. The number of hydrogen-bond acceptors (Lipinski definition) is 8. The van der Waals surface area contributed by atoms with Crippen LogP contribution in [0.5, 0.6) is 11.5 Å². The number of nitrogens with zero attached hydrogens (tertiary/aromatic N) is 2. The molecule has 168 valence electrons. The Morgan fingerprint density at radius 3 is 2.81 bits per heavy atom. The molecule has 0 unspecified atom stereocenters. The van der Waals surface area contributed by atoms with Crippen molar-refractivity contribution in [2.75, 3.05) is 12.9 Å². The molecule has 0 fully saturated rings. The summed E-state index contributed by atoms with van der Waals surface area (Å²) in [6.07, 6.45) is 3.38. The molecule has 0 saturated carbocycles. The molecule has 10 heteroatoms. The van der Waals surface area contributed by atoms with Gasteiger partial charge in [-0.3, -0.25) is 4.79 Å². The molecule has 3 aromatic rings. The highest BCUT2D eigenvalue weighted by Crippen LogP contribution is 2.32. The van der Waals surface area contributed by atoms with Crippen LogP contribution < -0.4 is 9.47 Å². The average Bonchev–Trinajstić information content (AvgIpc) is 3.45. The molecule has 0 bridgehead atoms. The fraction of sp³-hybridized carbons (Fsp3) is 0.318. The van der Waals surface area contributed by atoms with Crippen LogP contribution in [0.25, 0.3) is 11.4 Å². The second kappa shape index (κ2) is 9.99. The summed E-state index contributed by atoms with van der Waals surface area (Å²) in [5.41, 5.74) is 3.21. The first-order valence-corrected chi connectivity index (χ1v) is 10.9. The molecular weight excluding hydrogens is 442 g/mol. The summed E-state index contributed by atoms with van der Waals surface area (Å²) < 4.78 is 44.7. The summed E-state index contributed by atoms with van der Waals surface area (Å²) in [5, 5.41) is 3.83. The van der Waals surface area contributed by atoms with Gasteiger partial charge >= 0.3 is 12.6 Å². The van der Waals surface area contributed by atoms with Crippen molar-refractivity contribution in [3.63, 3.8) is 0 Å². The van der Waals surface area contributed by atoms with Crippen molar-refractivity contribution in [2.24, 2.45) is 0 Å². The van der Waals surface area contributed by atoms with Crippen LogP contribution in [0.3, 0.4) is 0 Å². The Balaban J connectivity index is 1.31. The lowest BCUT2D eigenvalue weighted by atomic mass is 10.1. The molecule has 0 N–H and O–H groups in total. The zero-order chi connectivity index (χ0) is 22.5. The lowest BCUT2D eigenvalue weighted by Crippen LogP contribution is -2.07. The third-order valence-corrected chi connectivity index (χ3v) is 5.86. The van der Waals surface area contributed by atoms with E-state index in [4.69, 9.17) is 14.0 Å². The van der Waals surface area contributed by atoms with Gasteiger partial charge in [-0.15, -0.1) is 11.8 Å². The van der Waals surface area contributed by atoms with Crippen LogP contribution in [0.1, 0.15) is 23.4 Å². The van der Waals surface area contributed by atoms with E-state index in [-0.39, 0.29) is 35.6 Å². The zero-order valence-corrected chi connectivity index (χ0v) is 18.0. The van der Waals surface area contributed by atoms with Crippen molar-refractivity contribution in [2.45, 2.75) is 37.4 Å². The molecule has 1 heterocycles. The monoisotopic (exact) mass is 462 g/mol. The number of benzene rings is 2. The first kappa shape index (κ1) is 22.1. The van der Waals surface area contributed by atoms with Crippen LogP contribution >= 0.6 is 11.8 Å². The number of thioether (sulfide) groups is 1. The highest BCUT2D eigenvalue weighted by atomic mass is 32.2. The molecule has 0 radical (unpaired) electrons. The number of rotatable bonds is 9. The van der Waals surface area contributed by atoms with Crippen LogP contribution in [-0.2, 0) is 29.0 Å². The second-order valence-electron chi connectivity index (χ2n) is 6.99. The summed E-state index contributed by atoms with van der Waals surface area (Å²) >= 11 is 1.42. The minimum absolute atomic E-state index is 0.101. The van der Waals surface area contributed by atoms with Gasteiger partial charge in [-0.25, -0.2) is 0 Å². The summed E-state index contributed by atoms with van der Waals surface area (Å²) in [6, 6.07) is 10.6. The van der Waals surface area contributed by atoms with Crippen LogP contribution in [-0.4, -0.2) is 35.6 Å². The zero-order valence-electron chi connectivity index (χ0n) is 17.2. The number of esters is 1. The van der Waals surface area contributed by atoms with Crippen molar-refractivity contribution in [1.29, 1.82) is 0 Å². The summed E-state index contributed by atoms with van der Waals surface area (Å²) in [7, 11) is 1.33. The maximum atomic E-state index is 12.5. The summed E-state index contributed by atoms with van der Waals surface area (Å²) in [6.45, 7) is -3.14. The number of aromatic nitrogens is 2. The Morgan fingerprint density at radius 2 is 2.00 bits per heavy atom. The fourth-order valence-corrected chi connectivity index (χ4v) is 4.15. The standard InChI is InChI=1S/C22H20F2N2O5S/c1-28-18-10-15(6-8-17(18)30-22(23)24)21-25-19(31-26-21)11-29-20(27)12-32-16-7-5-13-3-2-4-14(13)9-16/h5-10,22H,2-4,11-12H2,1H3. The molecule has 1 aromatic heterocycles. The Labute approximate surface area is 187 Å². The minimum Gasteiger partial charge on any atom is -0.493 e. The molecule has 0 amide bonds. The summed E-state index contributed by atoms with van der Waals surface area (Å²) in [4.78, 5) is 17.3. The van der Waals surface area contributed by atoms with Gasteiger partial charge in [0.05, 0.1) is 12.9 Å². The molecule has 0 atom stereocenters. The third-order valence-electron chi connectivity index (χ3n) is 4.89. The predicted molar refractivity (Wildman–Crippen MR) is 112 cm³/mol. The van der Waals surface area contributed by atoms with E-state index in [1.807, 2.05) is 6.07 Å². The van der Waals surface area contributed by atoms with E-state index >= 15 is 0 Å². The minimum atomic E-state index is -2.97. The van der Waals surface area contributed by atoms with E-state index in [0.717, 1.165) is 17.7 Å². The van der Waals surface area contributed by atoms with Crippen molar-refractivity contribution in [1.82, 2.24) is 10.1 Å². The smallest absolute Gasteiger partial charge is 0.387 e. The van der Waals surface area contributed by atoms with Gasteiger partial charge in [0.1, 0.15) is 0 Å². The highest BCUT2D eigenvalue weighted by Gasteiger charge is 2.16. The SMILES string of the molecule is COc1cc(-c2noc(COC(=O)CSc3ccc4c(c3)CCC4)n2)ccc1OC(F)F. The maximum absolute atomic E-state index is 12.5. The van der Waals surface area contributed by atoms with E-state index in [9.17, 15) is 13.6 Å². The Kier molecular flexibility index (Phi) is 6.89. The van der Waals surface area contributed by atoms with Crippen LogP contribution in [0.15, 0.2) is 45.8 Å². The molecule has 32 heavy (non-hydrogen) atoms. The number of fused-ring (bicyclic) bond motifs is 1. The third kappa shape index (κ3) is 5.37. The predicted octanol–water partition coefficient (Wildman–Crippen LogP) is 4.67. The molecule has 0 spiro atoms. The number of methoxy groups -OCH3 is 1. The number of hydrogen-bond donors (Lipinski definition) is 0. The quantitative estimate of drug-likeness (QED) is 0.335. The Morgan fingerprint density at radius 1 is 1.16 bits per heavy atom. The van der Waals surface area contributed by atoms with Crippen molar-refractivity contribution >= 4 is 17.7 Å². The second-order valence-corrected chi connectivity index (χ2v) is 8.04. The first-order valence-electron chi connectivity index (χ1n) is 9.88. The Hall–Kier alpha value is -3.14. The first-order chi connectivity index (χ1) is 15.5. The fourth-order valence-electron chi connectivity index (χ4n) is 3.39. The molecule has 2 aromatic carbocycles. The largest absolute Gasteiger partial charge is 0.493 e. The molecule has 0 aliphatic heterocycles. The normalized spacial score (nSPS) is 12.6. The molecule has 1 aliphatic rings. The van der Waals surface area contributed by atoms with Crippen LogP contribution in [0, 0.1) is 0 Å². The number of halogens is 2. The number of alkyl halides is 2. The van der Waals surface area contributed by atoms with Gasteiger partial charge < -0.3 is 18.7 Å². The van der Waals surface area contributed by atoms with Gasteiger partial charge in [0, 0.05) is 10.5 Å². The van der Waals surface area contributed by atoms with Crippen LogP contribution in [0.2, 0.25) is 0 Å². The van der Waals surface area contributed by atoms with Gasteiger partial charge in [-0.1, -0.05) is 11.2 Å². The number of aryl methyl sites for hydroxylation is 2. The molecular formula is C22H20F2N2O5S. The van der Waals surface area contributed by atoms with E-state index in [0.29, 0.717) is 5.56 Å². The van der Waals surface area contributed by atoms with Gasteiger partial charge in [-0.2, -0.15) is 13.8 Å².